The maximum absolute atomic E-state index is 13.2. The summed E-state index contributed by atoms with van der Waals surface area (Å²) in [6.45, 7) is 3.51. The monoisotopic (exact) mass is 439 g/mol. The standard InChI is InChI=1S/C23H25N3O4S/c1-23(2,29)13-30-16-9-7-15(8-10-16)25-21(27)20-12-31-14-26(20)22(28)18-11-24-19-6-4-3-5-17(18)19/h3-11,20,24,29H,12-14H2,1-2H3,(H,25,27). The Morgan fingerprint density at radius 1 is 1.23 bits per heavy atom. The van der Waals surface area contributed by atoms with Gasteiger partial charge in [-0.15, -0.1) is 11.8 Å². The smallest absolute Gasteiger partial charge is 0.257 e. The van der Waals surface area contributed by atoms with E-state index < -0.39 is 11.6 Å². The lowest BCUT2D eigenvalue weighted by Crippen LogP contribution is -2.44. The average Bonchev–Trinajstić information content (AvgIpc) is 3.40. The Labute approximate surface area is 184 Å². The number of H-pyrrole nitrogens is 1. The van der Waals surface area contributed by atoms with Crippen molar-refractivity contribution >= 4 is 40.2 Å². The van der Waals surface area contributed by atoms with Crippen LogP contribution in [-0.2, 0) is 4.79 Å². The van der Waals surface area contributed by atoms with Crippen molar-refractivity contribution in [2.24, 2.45) is 0 Å². The predicted molar refractivity (Wildman–Crippen MR) is 122 cm³/mol. The van der Waals surface area contributed by atoms with Gasteiger partial charge in [0.25, 0.3) is 5.91 Å². The van der Waals surface area contributed by atoms with Crippen molar-refractivity contribution in [1.29, 1.82) is 0 Å². The fourth-order valence-corrected chi connectivity index (χ4v) is 4.54. The number of carbonyl (C=O) groups is 2. The molecule has 0 aliphatic carbocycles. The van der Waals surface area contributed by atoms with Gasteiger partial charge in [0.05, 0.1) is 17.0 Å². The number of benzene rings is 2. The summed E-state index contributed by atoms with van der Waals surface area (Å²) >= 11 is 1.56. The van der Waals surface area contributed by atoms with Gasteiger partial charge in [0.15, 0.2) is 0 Å². The summed E-state index contributed by atoms with van der Waals surface area (Å²) in [4.78, 5) is 30.8. The molecule has 0 bridgehead atoms. The first-order valence-corrected chi connectivity index (χ1v) is 11.2. The molecule has 3 N–H and O–H groups in total. The number of para-hydroxylation sites is 1. The molecule has 8 heteroatoms. The van der Waals surface area contributed by atoms with Crippen molar-refractivity contribution in [1.82, 2.24) is 9.88 Å². The third-order valence-corrected chi connectivity index (χ3v) is 5.99. The quantitative estimate of drug-likeness (QED) is 0.547. The summed E-state index contributed by atoms with van der Waals surface area (Å²) in [6.07, 6.45) is 1.71. The highest BCUT2D eigenvalue weighted by Gasteiger charge is 2.36. The van der Waals surface area contributed by atoms with Crippen LogP contribution in [0, 0.1) is 0 Å². The van der Waals surface area contributed by atoms with Crippen LogP contribution in [0.25, 0.3) is 10.9 Å². The molecule has 2 heterocycles. The van der Waals surface area contributed by atoms with Crippen LogP contribution in [0.3, 0.4) is 0 Å². The van der Waals surface area contributed by atoms with Crippen molar-refractivity contribution < 1.29 is 19.4 Å². The van der Waals surface area contributed by atoms with Gasteiger partial charge in [-0.1, -0.05) is 18.2 Å². The van der Waals surface area contributed by atoms with Crippen LogP contribution in [0.2, 0.25) is 0 Å². The molecule has 1 saturated heterocycles. The lowest BCUT2D eigenvalue weighted by atomic mass is 10.1. The van der Waals surface area contributed by atoms with E-state index in [2.05, 4.69) is 10.3 Å². The van der Waals surface area contributed by atoms with E-state index in [1.807, 2.05) is 24.3 Å². The SMILES string of the molecule is CC(C)(O)COc1ccc(NC(=O)C2CSCN2C(=O)c2c[nH]c3ccccc23)cc1. The number of hydrogen-bond donors (Lipinski definition) is 3. The number of nitrogens with zero attached hydrogens (tertiary/aromatic N) is 1. The molecule has 0 spiro atoms. The highest BCUT2D eigenvalue weighted by molar-refractivity contribution is 7.99. The zero-order valence-corrected chi connectivity index (χ0v) is 18.2. The zero-order chi connectivity index (χ0) is 22.0. The fraction of sp³-hybridized carbons (Fsp3) is 0.304. The number of anilines is 1. The number of aliphatic hydroxyl groups is 1. The van der Waals surface area contributed by atoms with Gasteiger partial charge in [-0.3, -0.25) is 9.59 Å². The van der Waals surface area contributed by atoms with Gasteiger partial charge >= 0.3 is 0 Å². The third-order valence-electron chi connectivity index (χ3n) is 4.98. The van der Waals surface area contributed by atoms with Crippen LogP contribution in [0.1, 0.15) is 24.2 Å². The molecule has 2 amide bonds. The Kier molecular flexibility index (Phi) is 5.93. The van der Waals surface area contributed by atoms with E-state index in [1.54, 1.807) is 61.0 Å². The molecule has 1 aromatic heterocycles. The highest BCUT2D eigenvalue weighted by Crippen LogP contribution is 2.27. The van der Waals surface area contributed by atoms with Crippen LogP contribution in [0.15, 0.2) is 54.7 Å². The Hall–Kier alpha value is -2.97. The number of thioether (sulfide) groups is 1. The average molecular weight is 440 g/mol. The van der Waals surface area contributed by atoms with E-state index in [1.165, 1.54) is 0 Å². The van der Waals surface area contributed by atoms with Crippen molar-refractivity contribution in [2.75, 3.05) is 23.6 Å². The van der Waals surface area contributed by atoms with Gasteiger partial charge in [0.1, 0.15) is 18.4 Å². The molecule has 1 fully saturated rings. The Balaban J connectivity index is 1.43. The number of aromatic amines is 1. The van der Waals surface area contributed by atoms with E-state index in [0.717, 1.165) is 10.9 Å². The summed E-state index contributed by atoms with van der Waals surface area (Å²) in [6, 6.07) is 14.0. The molecule has 0 saturated carbocycles. The summed E-state index contributed by atoms with van der Waals surface area (Å²) in [5.74, 6) is 1.25. The second-order valence-electron chi connectivity index (χ2n) is 8.15. The van der Waals surface area contributed by atoms with Crippen LogP contribution in [0.4, 0.5) is 5.69 Å². The van der Waals surface area contributed by atoms with E-state index in [-0.39, 0.29) is 18.4 Å². The molecule has 1 aliphatic rings. The van der Waals surface area contributed by atoms with Crippen molar-refractivity contribution in [3.05, 3.63) is 60.3 Å². The minimum Gasteiger partial charge on any atom is -0.491 e. The second kappa shape index (κ2) is 8.64. The minimum atomic E-state index is -0.923. The predicted octanol–water partition coefficient (Wildman–Crippen LogP) is 3.47. The lowest BCUT2D eigenvalue weighted by molar-refractivity contribution is -0.119. The third kappa shape index (κ3) is 4.86. The summed E-state index contributed by atoms with van der Waals surface area (Å²) < 4.78 is 5.53. The molecule has 2 aromatic carbocycles. The highest BCUT2D eigenvalue weighted by atomic mass is 32.2. The number of rotatable bonds is 6. The van der Waals surface area contributed by atoms with Gasteiger partial charge in [0.2, 0.25) is 5.91 Å². The Morgan fingerprint density at radius 2 is 1.97 bits per heavy atom. The lowest BCUT2D eigenvalue weighted by Gasteiger charge is -2.23. The first-order chi connectivity index (χ1) is 14.8. The number of amides is 2. The fourth-order valence-electron chi connectivity index (χ4n) is 3.38. The summed E-state index contributed by atoms with van der Waals surface area (Å²) in [5.41, 5.74) is 1.17. The largest absolute Gasteiger partial charge is 0.491 e. The Morgan fingerprint density at radius 3 is 2.71 bits per heavy atom. The maximum Gasteiger partial charge on any atom is 0.257 e. The molecular formula is C23H25N3O4S. The number of nitrogens with one attached hydrogen (secondary N) is 2. The van der Waals surface area contributed by atoms with Gasteiger partial charge in [0, 0.05) is 28.5 Å². The van der Waals surface area contributed by atoms with E-state index >= 15 is 0 Å². The number of ether oxygens (including phenoxy) is 1. The zero-order valence-electron chi connectivity index (χ0n) is 17.4. The molecule has 31 heavy (non-hydrogen) atoms. The molecule has 1 aliphatic heterocycles. The van der Waals surface area contributed by atoms with Gasteiger partial charge in [-0.05, 0) is 44.2 Å². The number of aromatic nitrogens is 1. The molecule has 1 unspecified atom stereocenters. The van der Waals surface area contributed by atoms with E-state index in [4.69, 9.17) is 4.74 Å². The molecule has 4 rings (SSSR count). The molecule has 0 radical (unpaired) electrons. The first kappa shape index (κ1) is 21.3. The topological polar surface area (TPSA) is 94.7 Å². The minimum absolute atomic E-state index is 0.155. The molecule has 1 atom stereocenters. The normalized spacial score (nSPS) is 16.5. The molecule has 162 valence electrons. The van der Waals surface area contributed by atoms with Crippen LogP contribution in [0.5, 0.6) is 5.75 Å². The van der Waals surface area contributed by atoms with Gasteiger partial charge in [-0.25, -0.2) is 0 Å². The Bertz CT molecular complexity index is 1090. The second-order valence-corrected chi connectivity index (χ2v) is 9.15. The van der Waals surface area contributed by atoms with Crippen LogP contribution < -0.4 is 10.1 Å². The summed E-state index contributed by atoms with van der Waals surface area (Å²) in [7, 11) is 0. The summed E-state index contributed by atoms with van der Waals surface area (Å²) in [5, 5.41) is 13.5. The van der Waals surface area contributed by atoms with E-state index in [0.29, 0.717) is 28.6 Å². The number of carbonyl (C=O) groups excluding carboxylic acids is 2. The van der Waals surface area contributed by atoms with Crippen molar-refractivity contribution in [3.8, 4) is 5.75 Å². The van der Waals surface area contributed by atoms with E-state index in [9.17, 15) is 14.7 Å². The molecular weight excluding hydrogens is 414 g/mol. The maximum atomic E-state index is 13.2. The van der Waals surface area contributed by atoms with Gasteiger partial charge in [-0.2, -0.15) is 0 Å². The van der Waals surface area contributed by atoms with Gasteiger partial charge < -0.3 is 25.0 Å². The van der Waals surface area contributed by atoms with Crippen LogP contribution >= 0.6 is 11.8 Å². The number of fused-ring (bicyclic) bond motifs is 1. The van der Waals surface area contributed by atoms with Crippen LogP contribution in [-0.4, -0.2) is 56.7 Å². The molecule has 3 aromatic rings. The van der Waals surface area contributed by atoms with Crippen molar-refractivity contribution in [3.63, 3.8) is 0 Å². The first-order valence-electron chi connectivity index (χ1n) is 10.0. The van der Waals surface area contributed by atoms with Crippen molar-refractivity contribution in [2.45, 2.75) is 25.5 Å². The number of hydrogen-bond acceptors (Lipinski definition) is 5. The molecule has 7 nitrogen and oxygen atoms in total.